The highest BCUT2D eigenvalue weighted by Gasteiger charge is 2.62. The maximum atomic E-state index is 14.4. The first-order valence-corrected chi connectivity index (χ1v) is 21.4. The van der Waals surface area contributed by atoms with Crippen LogP contribution in [-0.2, 0) is 15.3 Å². The molecular formula is C50H38N4O2S. The topological polar surface area (TPSA) is 96.6 Å². The van der Waals surface area contributed by atoms with Crippen LogP contribution >= 0.6 is 0 Å². The van der Waals surface area contributed by atoms with Crippen molar-refractivity contribution >= 4 is 9.84 Å². The van der Waals surface area contributed by atoms with E-state index in [9.17, 15) is 13.7 Å². The zero-order chi connectivity index (χ0) is 38.3. The molecule has 5 aliphatic rings. The fourth-order valence-electron chi connectivity index (χ4n) is 11.2. The lowest BCUT2D eigenvalue weighted by molar-refractivity contribution is -0.0446. The van der Waals surface area contributed by atoms with Crippen molar-refractivity contribution in [2.45, 2.75) is 47.3 Å². The van der Waals surface area contributed by atoms with E-state index in [-0.39, 0.29) is 5.41 Å². The fraction of sp³-hybridized carbons (Fsp3) is 0.200. The van der Waals surface area contributed by atoms with Crippen molar-refractivity contribution in [3.05, 3.63) is 162 Å². The minimum Gasteiger partial charge on any atom is -0.218 e. The standard InChI is InChI=1S/C50H38N4O2S/c51-30-39-12-4-5-17-42(39)36-14-9-16-38(28-36)49-53-47(33-10-2-1-3-11-33)52-48(54-49)37-15-8-13-34(27-37)35-20-21-46-44(29-35)50(43-18-6-7-19-45(43)57(46,55)56)40-23-31-22-32(25-40)26-41(50)24-31/h1-21,27-29,31-32,40-41H,22-26H2. The molecule has 7 heteroatoms. The summed E-state index contributed by atoms with van der Waals surface area (Å²) in [7, 11) is -3.69. The van der Waals surface area contributed by atoms with E-state index in [0.29, 0.717) is 44.7 Å². The van der Waals surface area contributed by atoms with Gasteiger partial charge in [0.25, 0.3) is 0 Å². The SMILES string of the molecule is N#Cc1ccccc1-c1cccc(-c2nc(-c3ccccc3)nc(-c3cccc(-c4ccc5c(c4)C4(c6ccccc6S5(=O)=O)C5CC6CC(C5)CC4C6)c3)n2)c1. The predicted octanol–water partition coefficient (Wildman–Crippen LogP) is 11.0. The molecule has 7 aromatic rings. The first-order chi connectivity index (χ1) is 27.9. The third-order valence-electron chi connectivity index (χ3n) is 13.4. The van der Waals surface area contributed by atoms with Gasteiger partial charge in [-0.15, -0.1) is 0 Å². The molecule has 0 unspecified atom stereocenters. The highest BCUT2D eigenvalue weighted by molar-refractivity contribution is 7.91. The zero-order valence-electron chi connectivity index (χ0n) is 31.2. The van der Waals surface area contributed by atoms with Gasteiger partial charge >= 0.3 is 0 Å². The number of rotatable bonds is 5. The van der Waals surface area contributed by atoms with Crippen LogP contribution in [0.15, 0.2) is 155 Å². The molecule has 1 spiro atoms. The van der Waals surface area contributed by atoms with Crippen molar-refractivity contribution < 1.29 is 8.42 Å². The summed E-state index contributed by atoms with van der Waals surface area (Å²) in [5, 5.41) is 9.82. The molecule has 4 bridgehead atoms. The van der Waals surface area contributed by atoms with Crippen LogP contribution in [0.2, 0.25) is 0 Å². The van der Waals surface area contributed by atoms with Crippen LogP contribution in [0, 0.1) is 35.0 Å². The molecule has 12 rings (SSSR count). The molecule has 4 aliphatic carbocycles. The van der Waals surface area contributed by atoms with Crippen molar-refractivity contribution in [2.75, 3.05) is 0 Å². The van der Waals surface area contributed by atoms with Crippen LogP contribution in [0.4, 0.5) is 0 Å². The first-order valence-electron chi connectivity index (χ1n) is 19.9. The number of nitriles is 1. The molecule has 4 fully saturated rings. The Bertz CT molecular complexity index is 2890. The van der Waals surface area contributed by atoms with Crippen molar-refractivity contribution in [3.63, 3.8) is 0 Å². The normalized spacial score (nSPS) is 23.4. The molecule has 0 atom stereocenters. The van der Waals surface area contributed by atoms with Gasteiger partial charge in [-0.25, -0.2) is 23.4 Å². The second-order valence-electron chi connectivity index (χ2n) is 16.4. The van der Waals surface area contributed by atoms with Gasteiger partial charge in [0.15, 0.2) is 17.5 Å². The third-order valence-corrected chi connectivity index (χ3v) is 15.2. The molecule has 0 saturated heterocycles. The first kappa shape index (κ1) is 34.1. The minimum atomic E-state index is -3.69. The molecular weight excluding hydrogens is 721 g/mol. The summed E-state index contributed by atoms with van der Waals surface area (Å²) in [6.45, 7) is 0. The van der Waals surface area contributed by atoms with Crippen LogP contribution in [-0.4, -0.2) is 23.4 Å². The number of aromatic nitrogens is 3. The van der Waals surface area contributed by atoms with Crippen molar-refractivity contribution in [1.29, 1.82) is 5.26 Å². The summed E-state index contributed by atoms with van der Waals surface area (Å²) >= 11 is 0. The Morgan fingerprint density at radius 2 is 1.02 bits per heavy atom. The van der Waals surface area contributed by atoms with E-state index < -0.39 is 9.84 Å². The van der Waals surface area contributed by atoms with E-state index in [1.54, 1.807) is 0 Å². The summed E-state index contributed by atoms with van der Waals surface area (Å²) < 4.78 is 28.8. The quantitative estimate of drug-likeness (QED) is 0.173. The van der Waals surface area contributed by atoms with Crippen LogP contribution < -0.4 is 0 Å². The summed E-state index contributed by atoms with van der Waals surface area (Å²) in [5.74, 6) is 3.97. The smallest absolute Gasteiger partial charge is 0.207 e. The highest BCUT2D eigenvalue weighted by atomic mass is 32.2. The van der Waals surface area contributed by atoms with E-state index in [4.69, 9.17) is 15.0 Å². The molecule has 276 valence electrons. The summed E-state index contributed by atoms with van der Waals surface area (Å²) in [6, 6.07) is 50.0. The summed E-state index contributed by atoms with van der Waals surface area (Å²) in [6.07, 6.45) is 5.99. The number of hydrogen-bond donors (Lipinski definition) is 0. The maximum absolute atomic E-state index is 14.4. The lowest BCUT2D eigenvalue weighted by atomic mass is 9.42. The van der Waals surface area contributed by atoms with Gasteiger partial charge in [-0.2, -0.15) is 5.26 Å². The van der Waals surface area contributed by atoms with E-state index in [2.05, 4.69) is 30.3 Å². The van der Waals surface area contributed by atoms with Crippen molar-refractivity contribution in [3.8, 4) is 62.5 Å². The Morgan fingerprint density at radius 1 is 0.491 bits per heavy atom. The van der Waals surface area contributed by atoms with Gasteiger partial charge in [-0.1, -0.05) is 109 Å². The predicted molar refractivity (Wildman–Crippen MR) is 221 cm³/mol. The molecule has 0 radical (unpaired) electrons. The van der Waals surface area contributed by atoms with Gasteiger partial charge in [0.1, 0.15) is 0 Å². The Hall–Kier alpha value is -6.23. The largest absolute Gasteiger partial charge is 0.218 e. The van der Waals surface area contributed by atoms with Gasteiger partial charge in [-0.3, -0.25) is 0 Å². The average molecular weight is 759 g/mol. The molecule has 57 heavy (non-hydrogen) atoms. The Labute approximate surface area is 332 Å². The van der Waals surface area contributed by atoms with E-state index in [1.165, 1.54) is 32.1 Å². The lowest BCUT2D eigenvalue weighted by Crippen LogP contribution is -2.57. The molecule has 0 amide bonds. The van der Waals surface area contributed by atoms with E-state index in [1.807, 2.05) is 121 Å². The van der Waals surface area contributed by atoms with Gasteiger partial charge < -0.3 is 0 Å². The van der Waals surface area contributed by atoms with E-state index >= 15 is 0 Å². The second-order valence-corrected chi connectivity index (χ2v) is 18.3. The zero-order valence-corrected chi connectivity index (χ0v) is 32.0. The van der Waals surface area contributed by atoms with Crippen LogP contribution in [0.5, 0.6) is 0 Å². The number of fused-ring (bicyclic) bond motifs is 2. The monoisotopic (exact) mass is 758 g/mol. The number of sulfone groups is 1. The molecule has 6 nitrogen and oxygen atoms in total. The second kappa shape index (κ2) is 12.9. The lowest BCUT2D eigenvalue weighted by Gasteiger charge is -2.63. The van der Waals surface area contributed by atoms with Gasteiger partial charge in [0, 0.05) is 22.1 Å². The number of nitrogens with zero attached hydrogens (tertiary/aromatic N) is 4. The molecule has 6 aromatic carbocycles. The molecule has 1 aliphatic heterocycles. The Kier molecular flexibility index (Phi) is 7.71. The minimum absolute atomic E-state index is 0.311. The summed E-state index contributed by atoms with van der Waals surface area (Å²) in [5.41, 5.74) is 8.54. The van der Waals surface area contributed by atoms with Crippen LogP contribution in [0.1, 0.15) is 48.8 Å². The van der Waals surface area contributed by atoms with E-state index in [0.717, 1.165) is 61.9 Å². The fourth-order valence-corrected chi connectivity index (χ4v) is 13.0. The molecule has 4 saturated carbocycles. The van der Waals surface area contributed by atoms with Crippen LogP contribution in [0.25, 0.3) is 56.4 Å². The number of hydrogen-bond acceptors (Lipinski definition) is 6. The Balaban J connectivity index is 1.05. The Morgan fingerprint density at radius 3 is 1.72 bits per heavy atom. The van der Waals surface area contributed by atoms with Gasteiger partial charge in [0.05, 0.1) is 21.4 Å². The van der Waals surface area contributed by atoms with Crippen LogP contribution in [0.3, 0.4) is 0 Å². The third kappa shape index (κ3) is 5.27. The van der Waals surface area contributed by atoms with Gasteiger partial charge in [0.2, 0.25) is 9.84 Å². The van der Waals surface area contributed by atoms with Crippen molar-refractivity contribution in [2.24, 2.45) is 23.7 Å². The average Bonchev–Trinajstić information content (AvgIpc) is 3.26. The molecule has 1 aromatic heterocycles. The van der Waals surface area contributed by atoms with Crippen molar-refractivity contribution in [1.82, 2.24) is 15.0 Å². The molecule has 2 heterocycles. The highest BCUT2D eigenvalue weighted by Crippen LogP contribution is 2.68. The molecule has 0 N–H and O–H groups in total. The summed E-state index contributed by atoms with van der Waals surface area (Å²) in [4.78, 5) is 16.1. The number of benzene rings is 6. The van der Waals surface area contributed by atoms with Gasteiger partial charge in [-0.05, 0) is 126 Å². The maximum Gasteiger partial charge on any atom is 0.207 e.